The van der Waals surface area contributed by atoms with E-state index < -0.39 is 0 Å². The quantitative estimate of drug-likeness (QED) is 0.459. The average Bonchev–Trinajstić information content (AvgIpc) is 2.37. The molecule has 0 unspecified atom stereocenters. The Hall–Kier alpha value is -1.71. The molecule has 0 saturated carbocycles. The van der Waals surface area contributed by atoms with Gasteiger partial charge < -0.3 is 15.2 Å². The van der Waals surface area contributed by atoms with Gasteiger partial charge in [-0.1, -0.05) is 20.3 Å². The first-order chi connectivity index (χ1) is 8.69. The molecule has 0 aliphatic rings. The summed E-state index contributed by atoms with van der Waals surface area (Å²) in [5, 5.41) is 0. The van der Waals surface area contributed by atoms with Crippen LogP contribution < -0.4 is 10.5 Å². The molecule has 0 fully saturated rings. The summed E-state index contributed by atoms with van der Waals surface area (Å²) < 4.78 is 10.6. The van der Waals surface area contributed by atoms with Crippen molar-refractivity contribution in [3.05, 3.63) is 23.8 Å². The highest BCUT2D eigenvalue weighted by molar-refractivity contribution is 5.91. The minimum Gasteiger partial charge on any atom is -0.491 e. The largest absolute Gasteiger partial charge is 0.491 e. The number of carbonyl (C=O) groups is 1. The van der Waals surface area contributed by atoms with Crippen LogP contribution in [0, 0.1) is 0 Å². The van der Waals surface area contributed by atoms with E-state index in [1.165, 1.54) is 0 Å². The zero-order valence-corrected chi connectivity index (χ0v) is 11.1. The molecule has 4 nitrogen and oxygen atoms in total. The van der Waals surface area contributed by atoms with Gasteiger partial charge in [0.05, 0.1) is 24.5 Å². The lowest BCUT2D eigenvalue weighted by molar-refractivity contribution is 0.0500. The van der Waals surface area contributed by atoms with Crippen LogP contribution in [-0.4, -0.2) is 19.2 Å². The van der Waals surface area contributed by atoms with Gasteiger partial charge in [0.1, 0.15) is 5.75 Å². The molecule has 2 N–H and O–H groups in total. The standard InChI is InChI=1S/C14H21NO3/c1-3-5-9-18-14(16)11-6-7-13(12(15)10-11)17-8-4-2/h6-7,10H,3-5,8-9,15H2,1-2H3. The molecule has 0 aliphatic carbocycles. The van der Waals surface area contributed by atoms with Crippen LogP contribution in [0.2, 0.25) is 0 Å². The van der Waals surface area contributed by atoms with E-state index >= 15 is 0 Å². The maximum absolute atomic E-state index is 11.7. The minimum absolute atomic E-state index is 0.336. The Labute approximate surface area is 108 Å². The van der Waals surface area contributed by atoms with E-state index in [1.807, 2.05) is 13.8 Å². The molecule has 0 amide bonds. The molecule has 0 aliphatic heterocycles. The fourth-order valence-electron chi connectivity index (χ4n) is 1.41. The zero-order valence-electron chi connectivity index (χ0n) is 11.1. The second kappa shape index (κ2) is 7.58. The van der Waals surface area contributed by atoms with E-state index in [0.717, 1.165) is 19.3 Å². The third kappa shape index (κ3) is 4.28. The Kier molecular flexibility index (Phi) is 6.05. The molecule has 1 rings (SSSR count). The van der Waals surface area contributed by atoms with Gasteiger partial charge in [0.25, 0.3) is 0 Å². The second-order valence-corrected chi connectivity index (χ2v) is 4.09. The van der Waals surface area contributed by atoms with Gasteiger partial charge in [-0.2, -0.15) is 0 Å². The molecule has 100 valence electrons. The smallest absolute Gasteiger partial charge is 0.338 e. The van der Waals surface area contributed by atoms with Crippen molar-refractivity contribution in [2.75, 3.05) is 18.9 Å². The molecule has 1 aromatic rings. The number of ether oxygens (including phenoxy) is 2. The van der Waals surface area contributed by atoms with Gasteiger partial charge in [-0.3, -0.25) is 0 Å². The minimum atomic E-state index is -0.336. The van der Waals surface area contributed by atoms with Crippen LogP contribution in [0.25, 0.3) is 0 Å². The predicted molar refractivity (Wildman–Crippen MR) is 71.8 cm³/mol. The van der Waals surface area contributed by atoms with Gasteiger partial charge in [0, 0.05) is 0 Å². The van der Waals surface area contributed by atoms with Crippen LogP contribution in [-0.2, 0) is 4.74 Å². The van der Waals surface area contributed by atoms with Crippen molar-refractivity contribution < 1.29 is 14.3 Å². The zero-order chi connectivity index (χ0) is 13.4. The lowest BCUT2D eigenvalue weighted by Crippen LogP contribution is -2.07. The maximum atomic E-state index is 11.7. The van der Waals surface area contributed by atoms with Crippen molar-refractivity contribution in [1.82, 2.24) is 0 Å². The molecular formula is C14H21NO3. The normalized spacial score (nSPS) is 10.1. The molecule has 4 heteroatoms. The highest BCUT2D eigenvalue weighted by Gasteiger charge is 2.09. The number of rotatable bonds is 7. The number of anilines is 1. The number of esters is 1. The number of hydrogen-bond acceptors (Lipinski definition) is 4. The first kappa shape index (κ1) is 14.4. The lowest BCUT2D eigenvalue weighted by atomic mass is 10.2. The maximum Gasteiger partial charge on any atom is 0.338 e. The monoisotopic (exact) mass is 251 g/mol. The van der Waals surface area contributed by atoms with E-state index in [4.69, 9.17) is 15.2 Å². The van der Waals surface area contributed by atoms with Crippen LogP contribution in [0.1, 0.15) is 43.5 Å². The van der Waals surface area contributed by atoms with E-state index in [2.05, 4.69) is 0 Å². The van der Waals surface area contributed by atoms with Crippen molar-refractivity contribution in [2.45, 2.75) is 33.1 Å². The van der Waals surface area contributed by atoms with Crippen molar-refractivity contribution >= 4 is 11.7 Å². The van der Waals surface area contributed by atoms with Gasteiger partial charge in [0.15, 0.2) is 0 Å². The number of hydrogen-bond donors (Lipinski definition) is 1. The first-order valence-corrected chi connectivity index (χ1v) is 6.38. The van der Waals surface area contributed by atoms with Gasteiger partial charge in [-0.25, -0.2) is 4.79 Å². The molecule has 0 saturated heterocycles. The lowest BCUT2D eigenvalue weighted by Gasteiger charge is -2.09. The SMILES string of the molecule is CCCCOC(=O)c1ccc(OCCC)c(N)c1. The number of nitrogen functional groups attached to an aromatic ring is 1. The van der Waals surface area contributed by atoms with Gasteiger partial charge in [-0.15, -0.1) is 0 Å². The third-order valence-electron chi connectivity index (χ3n) is 2.44. The summed E-state index contributed by atoms with van der Waals surface area (Å²) in [6, 6.07) is 4.98. The molecule has 18 heavy (non-hydrogen) atoms. The van der Waals surface area contributed by atoms with E-state index in [0.29, 0.717) is 30.2 Å². The van der Waals surface area contributed by atoms with Crippen molar-refractivity contribution in [2.24, 2.45) is 0 Å². The van der Waals surface area contributed by atoms with Gasteiger partial charge in [0.2, 0.25) is 0 Å². The molecule has 0 bridgehead atoms. The number of nitrogens with two attached hydrogens (primary N) is 1. The number of carbonyl (C=O) groups excluding carboxylic acids is 1. The summed E-state index contributed by atoms with van der Waals surface area (Å²) in [5.41, 5.74) is 6.75. The van der Waals surface area contributed by atoms with E-state index in [-0.39, 0.29) is 5.97 Å². The first-order valence-electron chi connectivity index (χ1n) is 6.38. The predicted octanol–water partition coefficient (Wildman–Crippen LogP) is 3.01. The highest BCUT2D eigenvalue weighted by atomic mass is 16.5. The summed E-state index contributed by atoms with van der Waals surface area (Å²) >= 11 is 0. The van der Waals surface area contributed by atoms with Gasteiger partial charge >= 0.3 is 5.97 Å². The summed E-state index contributed by atoms with van der Waals surface area (Å²) in [6.07, 6.45) is 2.79. The number of benzene rings is 1. The summed E-state index contributed by atoms with van der Waals surface area (Å²) in [4.78, 5) is 11.7. The van der Waals surface area contributed by atoms with Crippen LogP contribution in [0.4, 0.5) is 5.69 Å². The van der Waals surface area contributed by atoms with Crippen molar-refractivity contribution in [3.63, 3.8) is 0 Å². The summed E-state index contributed by atoms with van der Waals surface area (Å²) in [5.74, 6) is 0.277. The summed E-state index contributed by atoms with van der Waals surface area (Å²) in [6.45, 7) is 5.13. The number of unbranched alkanes of at least 4 members (excludes halogenated alkanes) is 1. The van der Waals surface area contributed by atoms with Crippen LogP contribution in [0.15, 0.2) is 18.2 Å². The van der Waals surface area contributed by atoms with Crippen LogP contribution >= 0.6 is 0 Å². The molecular weight excluding hydrogens is 230 g/mol. The fourth-order valence-corrected chi connectivity index (χ4v) is 1.41. The Bertz CT molecular complexity index is 391. The van der Waals surface area contributed by atoms with Gasteiger partial charge in [-0.05, 0) is 31.0 Å². The third-order valence-corrected chi connectivity index (χ3v) is 2.44. The van der Waals surface area contributed by atoms with Crippen molar-refractivity contribution in [1.29, 1.82) is 0 Å². The molecule has 0 spiro atoms. The van der Waals surface area contributed by atoms with Crippen molar-refractivity contribution in [3.8, 4) is 5.75 Å². The molecule has 0 atom stereocenters. The molecule has 0 heterocycles. The Balaban J connectivity index is 2.62. The molecule has 0 aromatic heterocycles. The Morgan fingerprint density at radius 3 is 2.61 bits per heavy atom. The van der Waals surface area contributed by atoms with Crippen LogP contribution in [0.3, 0.4) is 0 Å². The van der Waals surface area contributed by atoms with E-state index in [1.54, 1.807) is 18.2 Å². The van der Waals surface area contributed by atoms with Crippen LogP contribution in [0.5, 0.6) is 5.75 Å². The Morgan fingerprint density at radius 2 is 2.00 bits per heavy atom. The van der Waals surface area contributed by atoms with E-state index in [9.17, 15) is 4.79 Å². The fraction of sp³-hybridized carbons (Fsp3) is 0.500. The Morgan fingerprint density at radius 1 is 1.22 bits per heavy atom. The highest BCUT2D eigenvalue weighted by Crippen LogP contribution is 2.23. The topological polar surface area (TPSA) is 61.5 Å². The molecule has 0 radical (unpaired) electrons. The molecule has 1 aromatic carbocycles. The second-order valence-electron chi connectivity index (χ2n) is 4.09. The summed E-state index contributed by atoms with van der Waals surface area (Å²) in [7, 11) is 0. The average molecular weight is 251 g/mol.